The van der Waals surface area contributed by atoms with Crippen molar-refractivity contribution in [3.05, 3.63) is 35.9 Å². The van der Waals surface area contributed by atoms with E-state index in [1.165, 1.54) is 0 Å². The van der Waals surface area contributed by atoms with Crippen LogP contribution in [0.5, 0.6) is 0 Å². The first-order valence-electron chi connectivity index (χ1n) is 6.04. The van der Waals surface area contributed by atoms with Gasteiger partial charge in [-0.25, -0.2) is 0 Å². The van der Waals surface area contributed by atoms with Crippen molar-refractivity contribution >= 4 is 5.97 Å². The third-order valence-corrected chi connectivity index (χ3v) is 2.63. The van der Waals surface area contributed by atoms with Crippen LogP contribution in [0.4, 0.5) is 4.39 Å². The number of carbonyl (C=O) groups is 1. The van der Waals surface area contributed by atoms with Crippen molar-refractivity contribution in [3.63, 3.8) is 0 Å². The van der Waals surface area contributed by atoms with E-state index in [4.69, 9.17) is 4.74 Å². The molecule has 0 heterocycles. The molecule has 0 saturated heterocycles. The molecule has 1 aromatic rings. The molecule has 3 heteroatoms. The van der Waals surface area contributed by atoms with E-state index >= 15 is 0 Å². The van der Waals surface area contributed by atoms with Crippen molar-refractivity contribution in [2.75, 3.05) is 13.3 Å². The number of halogens is 1. The molecule has 17 heavy (non-hydrogen) atoms. The average molecular weight is 238 g/mol. The second-order valence-electron chi connectivity index (χ2n) is 4.04. The summed E-state index contributed by atoms with van der Waals surface area (Å²) in [6.45, 7) is 1.93. The van der Waals surface area contributed by atoms with Gasteiger partial charge in [0.2, 0.25) is 0 Å². The SMILES string of the molecule is CCCCOC(=O)C[C@@H](CF)c1ccccc1. The third kappa shape index (κ3) is 4.98. The molecule has 94 valence electrons. The molecule has 0 unspecified atom stereocenters. The molecule has 0 N–H and O–H groups in total. The molecule has 0 bridgehead atoms. The summed E-state index contributed by atoms with van der Waals surface area (Å²) in [6.07, 6.45) is 1.96. The van der Waals surface area contributed by atoms with Gasteiger partial charge in [-0.05, 0) is 12.0 Å². The molecule has 0 fully saturated rings. The summed E-state index contributed by atoms with van der Waals surface area (Å²) >= 11 is 0. The van der Waals surface area contributed by atoms with Crippen LogP contribution in [0.15, 0.2) is 30.3 Å². The molecule has 2 nitrogen and oxygen atoms in total. The topological polar surface area (TPSA) is 26.3 Å². The van der Waals surface area contributed by atoms with Crippen molar-refractivity contribution in [1.29, 1.82) is 0 Å². The molecule has 0 spiro atoms. The van der Waals surface area contributed by atoms with Crippen molar-refractivity contribution in [2.24, 2.45) is 0 Å². The van der Waals surface area contributed by atoms with Gasteiger partial charge in [0.1, 0.15) is 0 Å². The summed E-state index contributed by atoms with van der Waals surface area (Å²) in [4.78, 5) is 11.5. The van der Waals surface area contributed by atoms with Crippen LogP contribution < -0.4 is 0 Å². The van der Waals surface area contributed by atoms with Crippen LogP contribution in [-0.2, 0) is 9.53 Å². The third-order valence-electron chi connectivity index (χ3n) is 2.63. The molecule has 0 aliphatic carbocycles. The molecular weight excluding hydrogens is 219 g/mol. The van der Waals surface area contributed by atoms with E-state index in [-0.39, 0.29) is 18.3 Å². The Hall–Kier alpha value is -1.38. The predicted molar refractivity (Wildman–Crippen MR) is 65.6 cm³/mol. The Morgan fingerprint density at radius 1 is 1.35 bits per heavy atom. The van der Waals surface area contributed by atoms with E-state index in [1.807, 2.05) is 37.3 Å². The van der Waals surface area contributed by atoms with E-state index in [9.17, 15) is 9.18 Å². The first-order chi connectivity index (χ1) is 8.27. The lowest BCUT2D eigenvalue weighted by molar-refractivity contribution is -0.144. The van der Waals surface area contributed by atoms with Gasteiger partial charge in [-0.3, -0.25) is 9.18 Å². The zero-order valence-electron chi connectivity index (χ0n) is 10.2. The van der Waals surface area contributed by atoms with Gasteiger partial charge in [0.15, 0.2) is 0 Å². The number of hydrogen-bond acceptors (Lipinski definition) is 2. The first-order valence-corrected chi connectivity index (χ1v) is 6.04. The van der Waals surface area contributed by atoms with Gasteiger partial charge < -0.3 is 4.74 Å². The van der Waals surface area contributed by atoms with Crippen molar-refractivity contribution in [3.8, 4) is 0 Å². The normalized spacial score (nSPS) is 12.1. The van der Waals surface area contributed by atoms with Crippen molar-refractivity contribution in [2.45, 2.75) is 32.1 Å². The first kappa shape index (κ1) is 13.7. The van der Waals surface area contributed by atoms with Gasteiger partial charge in [-0.15, -0.1) is 0 Å². The van der Waals surface area contributed by atoms with Crippen LogP contribution in [0.25, 0.3) is 0 Å². The maximum absolute atomic E-state index is 12.9. The van der Waals surface area contributed by atoms with Gasteiger partial charge in [0, 0.05) is 5.92 Å². The molecule has 0 aliphatic rings. The highest BCUT2D eigenvalue weighted by Crippen LogP contribution is 2.20. The zero-order chi connectivity index (χ0) is 12.5. The Labute approximate surface area is 102 Å². The highest BCUT2D eigenvalue weighted by molar-refractivity contribution is 5.70. The molecule has 0 amide bonds. The summed E-state index contributed by atoms with van der Waals surface area (Å²) in [5.41, 5.74) is 0.849. The van der Waals surface area contributed by atoms with E-state index < -0.39 is 6.67 Å². The molecule has 0 saturated carbocycles. The fourth-order valence-electron chi connectivity index (χ4n) is 1.58. The largest absolute Gasteiger partial charge is 0.466 e. The highest BCUT2D eigenvalue weighted by Gasteiger charge is 2.16. The van der Waals surface area contributed by atoms with Crippen LogP contribution >= 0.6 is 0 Å². The minimum atomic E-state index is -0.535. The standard InChI is InChI=1S/C14H19FO2/c1-2-3-9-17-14(16)10-13(11-15)12-7-5-4-6-8-12/h4-8,13H,2-3,9-11H2,1H3/t13-/m0/s1. The number of rotatable bonds is 7. The van der Waals surface area contributed by atoms with Gasteiger partial charge in [-0.1, -0.05) is 43.7 Å². The summed E-state index contributed by atoms with van der Waals surface area (Å²) in [5, 5.41) is 0. The van der Waals surface area contributed by atoms with Gasteiger partial charge in [-0.2, -0.15) is 0 Å². The average Bonchev–Trinajstić information content (AvgIpc) is 2.37. The quantitative estimate of drug-likeness (QED) is 0.537. The Bertz CT molecular complexity index is 324. The number of hydrogen-bond donors (Lipinski definition) is 0. The number of ether oxygens (including phenoxy) is 1. The molecule has 1 aromatic carbocycles. The van der Waals surface area contributed by atoms with Gasteiger partial charge >= 0.3 is 5.97 Å². The van der Waals surface area contributed by atoms with E-state index in [0.29, 0.717) is 6.61 Å². The van der Waals surface area contributed by atoms with Gasteiger partial charge in [0.25, 0.3) is 0 Å². The summed E-state index contributed by atoms with van der Waals surface area (Å²) < 4.78 is 17.9. The lowest BCUT2D eigenvalue weighted by atomic mass is 9.97. The minimum absolute atomic E-state index is 0.115. The maximum Gasteiger partial charge on any atom is 0.306 e. The second-order valence-corrected chi connectivity index (χ2v) is 4.04. The fraction of sp³-hybridized carbons (Fsp3) is 0.500. The molecule has 0 radical (unpaired) electrons. The van der Waals surface area contributed by atoms with Crippen LogP contribution in [0.3, 0.4) is 0 Å². The monoisotopic (exact) mass is 238 g/mol. The fourth-order valence-corrected chi connectivity index (χ4v) is 1.58. The number of benzene rings is 1. The Balaban J connectivity index is 2.44. The molecule has 0 aromatic heterocycles. The summed E-state index contributed by atoms with van der Waals surface area (Å²) in [6, 6.07) is 9.24. The minimum Gasteiger partial charge on any atom is -0.466 e. The molecular formula is C14H19FO2. The smallest absolute Gasteiger partial charge is 0.306 e. The highest BCUT2D eigenvalue weighted by atomic mass is 19.1. The Kier molecular flexibility index (Phi) is 6.30. The van der Waals surface area contributed by atoms with Crippen LogP contribution in [0.2, 0.25) is 0 Å². The van der Waals surface area contributed by atoms with Crippen molar-refractivity contribution < 1.29 is 13.9 Å². The molecule has 1 atom stereocenters. The summed E-state index contributed by atoms with van der Waals surface area (Å²) in [5.74, 6) is -0.699. The zero-order valence-corrected chi connectivity index (χ0v) is 10.2. The number of esters is 1. The number of alkyl halides is 1. The van der Waals surface area contributed by atoms with E-state index in [2.05, 4.69) is 0 Å². The summed E-state index contributed by atoms with van der Waals surface area (Å²) in [7, 11) is 0. The van der Waals surface area contributed by atoms with Crippen LogP contribution in [0.1, 0.15) is 37.7 Å². The molecule has 0 aliphatic heterocycles. The number of carbonyl (C=O) groups excluding carboxylic acids is 1. The van der Waals surface area contributed by atoms with Crippen molar-refractivity contribution in [1.82, 2.24) is 0 Å². The predicted octanol–water partition coefficient (Wildman–Crippen LogP) is 3.47. The van der Waals surface area contributed by atoms with Crippen LogP contribution in [-0.4, -0.2) is 19.3 Å². The van der Waals surface area contributed by atoms with Crippen LogP contribution in [0, 0.1) is 0 Å². The van der Waals surface area contributed by atoms with E-state index in [0.717, 1.165) is 18.4 Å². The Morgan fingerprint density at radius 2 is 2.06 bits per heavy atom. The lowest BCUT2D eigenvalue weighted by Gasteiger charge is -2.12. The lowest BCUT2D eigenvalue weighted by Crippen LogP contribution is -2.12. The second kappa shape index (κ2) is 7.82. The number of unbranched alkanes of at least 4 members (excludes halogenated alkanes) is 1. The van der Waals surface area contributed by atoms with E-state index in [1.54, 1.807) is 0 Å². The maximum atomic E-state index is 12.9. The molecule has 1 rings (SSSR count). The van der Waals surface area contributed by atoms with Gasteiger partial charge in [0.05, 0.1) is 19.7 Å². The Morgan fingerprint density at radius 3 is 2.65 bits per heavy atom.